The van der Waals surface area contributed by atoms with Crippen molar-refractivity contribution in [3.05, 3.63) is 23.2 Å². The van der Waals surface area contributed by atoms with E-state index in [4.69, 9.17) is 22.2 Å². The summed E-state index contributed by atoms with van der Waals surface area (Å²) in [5.74, 6) is 5.32. The molecule has 8 nitrogen and oxygen atoms in total. The van der Waals surface area contributed by atoms with E-state index in [9.17, 15) is 4.79 Å². The van der Waals surface area contributed by atoms with Gasteiger partial charge in [-0.2, -0.15) is 0 Å². The van der Waals surface area contributed by atoms with Crippen LogP contribution < -0.4 is 16.1 Å². The molecule has 27 heavy (non-hydrogen) atoms. The van der Waals surface area contributed by atoms with E-state index in [1.165, 1.54) is 0 Å². The Morgan fingerprint density at radius 3 is 2.85 bits per heavy atom. The van der Waals surface area contributed by atoms with Gasteiger partial charge < -0.3 is 25.7 Å². The summed E-state index contributed by atoms with van der Waals surface area (Å²) < 4.78 is 5.58. The highest BCUT2D eigenvalue weighted by Crippen LogP contribution is 2.43. The van der Waals surface area contributed by atoms with Gasteiger partial charge in [-0.25, -0.2) is 4.79 Å². The number of nitrogens with one attached hydrogen (secondary N) is 1. The Hall–Kier alpha value is -2.22. The average molecular weight is 395 g/mol. The maximum Gasteiger partial charge on any atom is 0.410 e. The van der Waals surface area contributed by atoms with Crippen molar-refractivity contribution >= 4 is 29.1 Å². The molecule has 1 aromatic rings. The molecule has 1 fully saturated rings. The molecule has 1 unspecified atom stereocenters. The SMILES string of the molecule is CC(C)(C)OC(=O)N1CCCC[C@@H](N2c3c(Cl)cccc3NC2N=NN)C1. The van der Waals surface area contributed by atoms with Gasteiger partial charge in [0.2, 0.25) is 6.29 Å². The monoisotopic (exact) mass is 394 g/mol. The maximum absolute atomic E-state index is 12.6. The molecule has 0 radical (unpaired) electrons. The van der Waals surface area contributed by atoms with Crippen molar-refractivity contribution in [1.82, 2.24) is 4.90 Å². The van der Waals surface area contributed by atoms with E-state index in [-0.39, 0.29) is 12.1 Å². The van der Waals surface area contributed by atoms with Crippen LogP contribution in [0.4, 0.5) is 16.2 Å². The van der Waals surface area contributed by atoms with Crippen molar-refractivity contribution < 1.29 is 9.53 Å². The summed E-state index contributed by atoms with van der Waals surface area (Å²) in [6, 6.07) is 5.69. The minimum absolute atomic E-state index is 0.0177. The van der Waals surface area contributed by atoms with E-state index in [1.807, 2.05) is 39.0 Å². The van der Waals surface area contributed by atoms with Gasteiger partial charge >= 0.3 is 6.09 Å². The van der Waals surface area contributed by atoms with Gasteiger partial charge in [0.1, 0.15) is 5.60 Å². The predicted molar refractivity (Wildman–Crippen MR) is 106 cm³/mol. The molecule has 3 N–H and O–H groups in total. The second-order valence-corrected chi connectivity index (χ2v) is 8.28. The highest BCUT2D eigenvalue weighted by Gasteiger charge is 2.38. The van der Waals surface area contributed by atoms with Gasteiger partial charge in [0.25, 0.3) is 0 Å². The lowest BCUT2D eigenvalue weighted by Crippen LogP contribution is -2.49. The van der Waals surface area contributed by atoms with Gasteiger partial charge in [0.05, 0.1) is 22.4 Å². The van der Waals surface area contributed by atoms with Crippen LogP contribution in [-0.2, 0) is 4.74 Å². The number of amides is 1. The lowest BCUT2D eigenvalue weighted by molar-refractivity contribution is 0.0248. The van der Waals surface area contributed by atoms with E-state index in [2.05, 4.69) is 20.6 Å². The number of para-hydroxylation sites is 1. The van der Waals surface area contributed by atoms with Crippen LogP contribution in [0, 0.1) is 0 Å². The molecule has 2 aliphatic heterocycles. The number of hydrogen-bond donors (Lipinski definition) is 2. The van der Waals surface area contributed by atoms with Crippen LogP contribution in [0.3, 0.4) is 0 Å². The molecule has 9 heteroatoms. The molecular formula is C18H27ClN6O2. The van der Waals surface area contributed by atoms with E-state index in [1.54, 1.807) is 4.90 Å². The summed E-state index contributed by atoms with van der Waals surface area (Å²) in [6.45, 7) is 6.82. The van der Waals surface area contributed by atoms with Crippen LogP contribution in [0.5, 0.6) is 0 Å². The zero-order valence-corrected chi connectivity index (χ0v) is 16.7. The summed E-state index contributed by atoms with van der Waals surface area (Å²) >= 11 is 6.49. The molecule has 2 aliphatic rings. The summed E-state index contributed by atoms with van der Waals surface area (Å²) in [7, 11) is 0. The first-order valence-electron chi connectivity index (χ1n) is 9.21. The molecule has 1 saturated heterocycles. The van der Waals surface area contributed by atoms with Gasteiger partial charge in [-0.3, -0.25) is 0 Å². The zero-order valence-electron chi connectivity index (χ0n) is 16.0. The quantitative estimate of drug-likeness (QED) is 0.449. The van der Waals surface area contributed by atoms with Gasteiger partial charge in [-0.1, -0.05) is 22.9 Å². The molecule has 2 atom stereocenters. The molecule has 0 aromatic heterocycles. The van der Waals surface area contributed by atoms with E-state index < -0.39 is 11.9 Å². The third kappa shape index (κ3) is 4.37. The zero-order chi connectivity index (χ0) is 19.6. The molecule has 3 rings (SSSR count). The number of nitrogens with zero attached hydrogens (tertiary/aromatic N) is 4. The standard InChI is InChI=1S/C18H27ClN6O2/c1-18(2,3)27-17(26)24-10-5-4-7-12(11-24)25-15-13(19)8-6-9-14(15)21-16(25)22-23-20/h6,8-9,12,16,21H,4-5,7,10-11H2,1-3H3,(H2,20,22)/t12-,16?/m1/s1. The number of carbonyl (C=O) groups excluding carboxylic acids is 1. The number of ether oxygens (including phenoxy) is 1. The summed E-state index contributed by atoms with van der Waals surface area (Å²) in [4.78, 5) is 16.5. The summed E-state index contributed by atoms with van der Waals surface area (Å²) in [5, 5.41) is 11.5. The molecule has 0 spiro atoms. The van der Waals surface area contributed by atoms with E-state index in [0.717, 1.165) is 30.6 Å². The minimum Gasteiger partial charge on any atom is -0.444 e. The average Bonchev–Trinajstić information content (AvgIpc) is 2.77. The molecule has 0 saturated carbocycles. The predicted octanol–water partition coefficient (Wildman–Crippen LogP) is 3.97. The first-order chi connectivity index (χ1) is 12.8. The molecule has 2 heterocycles. The van der Waals surface area contributed by atoms with Crippen molar-refractivity contribution in [2.45, 2.75) is 58.0 Å². The molecule has 0 aliphatic carbocycles. The number of rotatable bonds is 2. The Morgan fingerprint density at radius 1 is 1.37 bits per heavy atom. The number of fused-ring (bicyclic) bond motifs is 1. The first-order valence-corrected chi connectivity index (χ1v) is 9.59. The van der Waals surface area contributed by atoms with E-state index in [0.29, 0.717) is 18.1 Å². The fourth-order valence-corrected chi connectivity index (χ4v) is 3.87. The highest BCUT2D eigenvalue weighted by molar-refractivity contribution is 6.34. The van der Waals surface area contributed by atoms with Crippen molar-refractivity contribution in [3.8, 4) is 0 Å². The maximum atomic E-state index is 12.6. The van der Waals surface area contributed by atoms with Crippen molar-refractivity contribution in [2.75, 3.05) is 23.3 Å². The summed E-state index contributed by atoms with van der Waals surface area (Å²) in [5.41, 5.74) is 1.22. The number of likely N-dealkylation sites (tertiary alicyclic amines) is 1. The lowest BCUT2D eigenvalue weighted by atomic mass is 10.1. The third-order valence-corrected chi connectivity index (χ3v) is 4.97. The van der Waals surface area contributed by atoms with Gasteiger partial charge in [0, 0.05) is 13.1 Å². The van der Waals surface area contributed by atoms with Crippen LogP contribution >= 0.6 is 11.6 Å². The van der Waals surface area contributed by atoms with Crippen LogP contribution in [0.1, 0.15) is 40.0 Å². The number of nitrogens with two attached hydrogens (primary N) is 1. The fourth-order valence-electron chi connectivity index (χ4n) is 3.59. The molecule has 1 amide bonds. The third-order valence-electron chi connectivity index (χ3n) is 4.66. The van der Waals surface area contributed by atoms with Crippen LogP contribution in [0.25, 0.3) is 0 Å². The Bertz CT molecular complexity index is 720. The molecular weight excluding hydrogens is 368 g/mol. The summed E-state index contributed by atoms with van der Waals surface area (Å²) in [6.07, 6.45) is 2.08. The topological polar surface area (TPSA) is 95.5 Å². The Labute approximate surface area is 164 Å². The normalized spacial score (nSPS) is 23.1. The van der Waals surface area contributed by atoms with Gasteiger partial charge in [-0.15, -0.1) is 5.11 Å². The minimum atomic E-state index is -0.527. The number of hydrogen-bond acceptors (Lipinski definition) is 6. The largest absolute Gasteiger partial charge is 0.444 e. The van der Waals surface area contributed by atoms with Crippen molar-refractivity contribution in [3.63, 3.8) is 0 Å². The molecule has 0 bridgehead atoms. The van der Waals surface area contributed by atoms with Crippen LogP contribution in [0.2, 0.25) is 5.02 Å². The smallest absolute Gasteiger partial charge is 0.410 e. The second-order valence-electron chi connectivity index (χ2n) is 7.87. The van der Waals surface area contributed by atoms with E-state index >= 15 is 0 Å². The van der Waals surface area contributed by atoms with Crippen LogP contribution in [-0.4, -0.2) is 42.0 Å². The molecule has 1 aromatic carbocycles. The number of benzene rings is 1. The first kappa shape index (κ1) is 19.5. The Morgan fingerprint density at radius 2 is 2.15 bits per heavy atom. The Kier molecular flexibility index (Phi) is 5.64. The van der Waals surface area contributed by atoms with Gasteiger partial charge in [0.15, 0.2) is 0 Å². The molecule has 148 valence electrons. The van der Waals surface area contributed by atoms with Gasteiger partial charge in [-0.05, 0) is 52.2 Å². The van der Waals surface area contributed by atoms with Crippen LogP contribution in [0.15, 0.2) is 28.5 Å². The number of anilines is 2. The second kappa shape index (κ2) is 7.80. The highest BCUT2D eigenvalue weighted by atomic mass is 35.5. The number of halogens is 1. The fraction of sp³-hybridized carbons (Fsp3) is 0.611. The van der Waals surface area contributed by atoms with Crippen molar-refractivity contribution in [1.29, 1.82) is 0 Å². The Balaban J connectivity index is 1.87. The lowest BCUT2D eigenvalue weighted by Gasteiger charge is -2.35. The number of carbonyl (C=O) groups is 1. The van der Waals surface area contributed by atoms with Crippen molar-refractivity contribution in [2.24, 2.45) is 16.2 Å².